The van der Waals surface area contributed by atoms with Gasteiger partial charge in [-0.15, -0.1) is 11.3 Å². The molecule has 104 valence electrons. The first-order chi connectivity index (χ1) is 9.84. The summed E-state index contributed by atoms with van der Waals surface area (Å²) in [6, 6.07) is 9.96. The van der Waals surface area contributed by atoms with Gasteiger partial charge in [0.2, 0.25) is 0 Å². The Morgan fingerprint density at radius 3 is 3.10 bits per heavy atom. The summed E-state index contributed by atoms with van der Waals surface area (Å²) in [5.41, 5.74) is 3.09. The van der Waals surface area contributed by atoms with Crippen LogP contribution in [0.4, 0.5) is 0 Å². The zero-order valence-electron chi connectivity index (χ0n) is 11.2. The minimum absolute atomic E-state index is 0.194. The van der Waals surface area contributed by atoms with Gasteiger partial charge >= 0.3 is 5.97 Å². The monoisotopic (exact) mass is 287 g/mol. The van der Waals surface area contributed by atoms with Crippen LogP contribution in [0.1, 0.15) is 26.4 Å². The SMILES string of the molecule is O=C(OCCc1cccs1)c1cccc2c1CCNC2. The maximum absolute atomic E-state index is 12.2. The molecule has 0 atom stereocenters. The number of fused-ring (bicyclic) bond motifs is 1. The molecule has 1 aromatic carbocycles. The van der Waals surface area contributed by atoms with Gasteiger partial charge in [-0.3, -0.25) is 0 Å². The number of benzene rings is 1. The Kier molecular flexibility index (Phi) is 4.14. The summed E-state index contributed by atoms with van der Waals surface area (Å²) in [7, 11) is 0. The summed E-state index contributed by atoms with van der Waals surface area (Å²) in [6.07, 6.45) is 1.69. The van der Waals surface area contributed by atoms with Crippen molar-refractivity contribution >= 4 is 17.3 Å². The minimum atomic E-state index is -0.194. The van der Waals surface area contributed by atoms with Crippen molar-refractivity contribution in [2.75, 3.05) is 13.2 Å². The molecule has 1 aliphatic heterocycles. The molecule has 0 amide bonds. The Hall–Kier alpha value is -1.65. The van der Waals surface area contributed by atoms with Crippen molar-refractivity contribution in [3.05, 3.63) is 57.3 Å². The van der Waals surface area contributed by atoms with E-state index in [1.165, 1.54) is 10.4 Å². The summed E-state index contributed by atoms with van der Waals surface area (Å²) >= 11 is 1.69. The molecule has 0 saturated carbocycles. The fraction of sp³-hybridized carbons (Fsp3) is 0.312. The van der Waals surface area contributed by atoms with Crippen LogP contribution in [0.5, 0.6) is 0 Å². The lowest BCUT2D eigenvalue weighted by Crippen LogP contribution is -2.25. The maximum Gasteiger partial charge on any atom is 0.338 e. The number of esters is 1. The molecule has 2 aromatic rings. The average Bonchev–Trinajstić information content (AvgIpc) is 3.00. The maximum atomic E-state index is 12.2. The molecule has 1 aromatic heterocycles. The van der Waals surface area contributed by atoms with Crippen LogP contribution in [0, 0.1) is 0 Å². The number of hydrogen-bond acceptors (Lipinski definition) is 4. The van der Waals surface area contributed by atoms with E-state index >= 15 is 0 Å². The number of nitrogens with one attached hydrogen (secondary N) is 1. The fourth-order valence-corrected chi connectivity index (χ4v) is 3.19. The first-order valence-electron chi connectivity index (χ1n) is 6.85. The molecule has 1 aliphatic rings. The molecule has 0 spiro atoms. The van der Waals surface area contributed by atoms with E-state index in [1.807, 2.05) is 23.6 Å². The highest BCUT2D eigenvalue weighted by molar-refractivity contribution is 7.09. The van der Waals surface area contributed by atoms with E-state index < -0.39 is 0 Å². The molecule has 3 rings (SSSR count). The highest BCUT2D eigenvalue weighted by Crippen LogP contribution is 2.19. The van der Waals surface area contributed by atoms with Gasteiger partial charge < -0.3 is 10.1 Å². The minimum Gasteiger partial charge on any atom is -0.462 e. The Bertz CT molecular complexity index is 593. The molecule has 1 N–H and O–H groups in total. The second kappa shape index (κ2) is 6.20. The molecule has 0 unspecified atom stereocenters. The van der Waals surface area contributed by atoms with Gasteiger partial charge in [0.05, 0.1) is 12.2 Å². The van der Waals surface area contributed by atoms with E-state index in [2.05, 4.69) is 17.4 Å². The van der Waals surface area contributed by atoms with Crippen LogP contribution >= 0.6 is 11.3 Å². The highest BCUT2D eigenvalue weighted by Gasteiger charge is 2.18. The fourth-order valence-electron chi connectivity index (χ4n) is 2.50. The zero-order valence-corrected chi connectivity index (χ0v) is 12.0. The van der Waals surface area contributed by atoms with Crippen LogP contribution in [0.25, 0.3) is 0 Å². The van der Waals surface area contributed by atoms with Gasteiger partial charge in [-0.2, -0.15) is 0 Å². The predicted molar refractivity (Wildman–Crippen MR) is 80.2 cm³/mol. The lowest BCUT2D eigenvalue weighted by atomic mass is 9.95. The topological polar surface area (TPSA) is 38.3 Å². The standard InChI is InChI=1S/C16H17NO2S/c18-16(19-9-7-13-4-2-10-20-13)15-5-1-3-12-11-17-8-6-14(12)15/h1-5,10,17H,6-9,11H2. The van der Waals surface area contributed by atoms with Crippen molar-refractivity contribution in [1.82, 2.24) is 5.32 Å². The third-order valence-electron chi connectivity index (χ3n) is 3.52. The average molecular weight is 287 g/mol. The summed E-state index contributed by atoms with van der Waals surface area (Å²) in [5.74, 6) is -0.194. The van der Waals surface area contributed by atoms with E-state index in [-0.39, 0.29) is 5.97 Å². The predicted octanol–water partition coefficient (Wildman–Crippen LogP) is 2.79. The third-order valence-corrected chi connectivity index (χ3v) is 4.46. The second-order valence-corrected chi connectivity index (χ2v) is 5.87. The number of rotatable bonds is 4. The first-order valence-corrected chi connectivity index (χ1v) is 7.73. The molecule has 2 heterocycles. The molecule has 0 radical (unpaired) electrons. The van der Waals surface area contributed by atoms with E-state index in [0.29, 0.717) is 6.61 Å². The number of carbonyl (C=O) groups is 1. The molecule has 4 heteroatoms. The van der Waals surface area contributed by atoms with Crippen LogP contribution in [0.3, 0.4) is 0 Å². The molecule has 3 nitrogen and oxygen atoms in total. The lowest BCUT2D eigenvalue weighted by molar-refractivity contribution is 0.0508. The summed E-state index contributed by atoms with van der Waals surface area (Å²) in [6.45, 7) is 2.21. The second-order valence-electron chi connectivity index (χ2n) is 4.84. The highest BCUT2D eigenvalue weighted by atomic mass is 32.1. The molecular weight excluding hydrogens is 270 g/mol. The van der Waals surface area contributed by atoms with Crippen molar-refractivity contribution in [3.8, 4) is 0 Å². The van der Waals surface area contributed by atoms with E-state index in [9.17, 15) is 4.79 Å². The van der Waals surface area contributed by atoms with Gasteiger partial charge in [0.1, 0.15) is 0 Å². The molecule has 0 saturated heterocycles. The van der Waals surface area contributed by atoms with E-state index in [1.54, 1.807) is 11.3 Å². The summed E-state index contributed by atoms with van der Waals surface area (Å²) in [4.78, 5) is 13.5. The van der Waals surface area contributed by atoms with Gasteiger partial charge in [-0.05, 0) is 41.6 Å². The Balaban J connectivity index is 1.65. The first kappa shape index (κ1) is 13.3. The Morgan fingerprint density at radius 2 is 2.25 bits per heavy atom. The van der Waals surface area contributed by atoms with Crippen molar-refractivity contribution < 1.29 is 9.53 Å². The normalized spacial score (nSPS) is 13.8. The smallest absolute Gasteiger partial charge is 0.338 e. The van der Waals surface area contributed by atoms with Gasteiger partial charge in [0, 0.05) is 17.8 Å². The van der Waals surface area contributed by atoms with Crippen molar-refractivity contribution in [1.29, 1.82) is 0 Å². The van der Waals surface area contributed by atoms with Gasteiger partial charge in [0.15, 0.2) is 0 Å². The van der Waals surface area contributed by atoms with Crippen LogP contribution in [0.2, 0.25) is 0 Å². The molecule has 0 fully saturated rings. The molecule has 20 heavy (non-hydrogen) atoms. The largest absolute Gasteiger partial charge is 0.462 e. The van der Waals surface area contributed by atoms with Crippen molar-refractivity contribution in [2.45, 2.75) is 19.4 Å². The molecule has 0 bridgehead atoms. The molecular formula is C16H17NO2S. The summed E-state index contributed by atoms with van der Waals surface area (Å²) < 4.78 is 5.41. The van der Waals surface area contributed by atoms with Crippen LogP contribution in [0.15, 0.2) is 35.7 Å². The Morgan fingerprint density at radius 1 is 1.30 bits per heavy atom. The third kappa shape index (κ3) is 2.92. The van der Waals surface area contributed by atoms with Crippen LogP contribution < -0.4 is 5.32 Å². The van der Waals surface area contributed by atoms with Gasteiger partial charge in [-0.25, -0.2) is 4.79 Å². The van der Waals surface area contributed by atoms with Crippen molar-refractivity contribution in [3.63, 3.8) is 0 Å². The quantitative estimate of drug-likeness (QED) is 0.879. The zero-order chi connectivity index (χ0) is 13.8. The van der Waals surface area contributed by atoms with Gasteiger partial charge in [0.25, 0.3) is 0 Å². The van der Waals surface area contributed by atoms with Crippen LogP contribution in [-0.4, -0.2) is 19.1 Å². The van der Waals surface area contributed by atoms with E-state index in [0.717, 1.165) is 37.1 Å². The van der Waals surface area contributed by atoms with E-state index in [4.69, 9.17) is 4.74 Å². The number of carbonyl (C=O) groups excluding carboxylic acids is 1. The van der Waals surface area contributed by atoms with Crippen molar-refractivity contribution in [2.24, 2.45) is 0 Å². The number of ether oxygens (including phenoxy) is 1. The summed E-state index contributed by atoms with van der Waals surface area (Å²) in [5, 5.41) is 5.36. The molecule has 0 aliphatic carbocycles. The van der Waals surface area contributed by atoms with Gasteiger partial charge in [-0.1, -0.05) is 18.2 Å². The number of thiophene rings is 1. The van der Waals surface area contributed by atoms with Crippen LogP contribution in [-0.2, 0) is 24.1 Å². The Labute approximate surface area is 122 Å². The number of hydrogen-bond donors (Lipinski definition) is 1. The lowest BCUT2D eigenvalue weighted by Gasteiger charge is -2.19.